The number of aromatic nitrogens is 1. The fraction of sp³-hybridized carbons (Fsp3) is 0.267. The third-order valence-corrected chi connectivity index (χ3v) is 3.32. The smallest absolute Gasteiger partial charge is 0.145 e. The lowest BCUT2D eigenvalue weighted by Crippen LogP contribution is -2.12. The van der Waals surface area contributed by atoms with E-state index in [1.807, 2.05) is 12.1 Å². The molecule has 1 N–H and O–H groups in total. The monoisotopic (exact) mass is 240 g/mol. The van der Waals surface area contributed by atoms with E-state index in [-0.39, 0.29) is 0 Å². The molecule has 0 bridgehead atoms. The standard InChI is InChI=1S/C15H16N2O/c1-18-13-8-4-10-17-15(13)12-7-2-5-11-6-3-9-16-14(11)12/h2,4-5,7-8,10,16H,3,6,9H2,1H3. The van der Waals surface area contributed by atoms with Crippen LogP contribution in [0.2, 0.25) is 0 Å². The zero-order valence-corrected chi connectivity index (χ0v) is 10.4. The van der Waals surface area contributed by atoms with Crippen molar-refractivity contribution in [3.8, 4) is 17.0 Å². The number of nitrogens with one attached hydrogen (secondary N) is 1. The molecule has 18 heavy (non-hydrogen) atoms. The van der Waals surface area contributed by atoms with Gasteiger partial charge in [0.05, 0.1) is 7.11 Å². The Hall–Kier alpha value is -2.03. The van der Waals surface area contributed by atoms with Gasteiger partial charge in [-0.3, -0.25) is 4.98 Å². The zero-order valence-electron chi connectivity index (χ0n) is 10.4. The van der Waals surface area contributed by atoms with Crippen LogP contribution in [0.1, 0.15) is 12.0 Å². The number of para-hydroxylation sites is 1. The van der Waals surface area contributed by atoms with Crippen molar-refractivity contribution in [2.75, 3.05) is 19.0 Å². The number of rotatable bonds is 2. The number of methoxy groups -OCH3 is 1. The molecule has 0 amide bonds. The molecule has 3 heteroatoms. The van der Waals surface area contributed by atoms with Gasteiger partial charge in [-0.1, -0.05) is 18.2 Å². The van der Waals surface area contributed by atoms with Crippen LogP contribution in [-0.4, -0.2) is 18.6 Å². The quantitative estimate of drug-likeness (QED) is 0.875. The fourth-order valence-corrected chi connectivity index (χ4v) is 2.46. The van der Waals surface area contributed by atoms with Crippen LogP contribution in [0.3, 0.4) is 0 Å². The first kappa shape index (κ1) is 11.1. The molecule has 0 saturated carbocycles. The summed E-state index contributed by atoms with van der Waals surface area (Å²) in [6.07, 6.45) is 4.13. The van der Waals surface area contributed by atoms with E-state index in [0.29, 0.717) is 0 Å². The Morgan fingerprint density at radius 2 is 2.17 bits per heavy atom. The molecule has 1 aromatic heterocycles. The number of ether oxygens (including phenoxy) is 1. The first-order valence-corrected chi connectivity index (χ1v) is 6.25. The number of fused-ring (bicyclic) bond motifs is 1. The Labute approximate surface area is 107 Å². The normalized spacial score (nSPS) is 13.6. The van der Waals surface area contributed by atoms with E-state index in [0.717, 1.165) is 30.0 Å². The van der Waals surface area contributed by atoms with E-state index in [2.05, 4.69) is 28.5 Å². The molecule has 0 fully saturated rings. The molecule has 1 aliphatic rings. The maximum atomic E-state index is 5.40. The Kier molecular flexibility index (Phi) is 2.89. The SMILES string of the molecule is COc1cccnc1-c1cccc2c1NCCC2. The number of nitrogens with zero attached hydrogens (tertiary/aromatic N) is 1. The number of anilines is 1. The van der Waals surface area contributed by atoms with Crippen LogP contribution in [0.5, 0.6) is 5.75 Å². The van der Waals surface area contributed by atoms with Crippen LogP contribution in [-0.2, 0) is 6.42 Å². The second-order valence-electron chi connectivity index (χ2n) is 4.42. The van der Waals surface area contributed by atoms with Gasteiger partial charge in [0, 0.05) is 24.0 Å². The van der Waals surface area contributed by atoms with Crippen LogP contribution in [0.4, 0.5) is 5.69 Å². The minimum atomic E-state index is 0.818. The molecule has 3 rings (SSSR count). The minimum absolute atomic E-state index is 0.818. The summed E-state index contributed by atoms with van der Waals surface area (Å²) in [5.41, 5.74) is 4.61. The third kappa shape index (κ3) is 1.82. The molecule has 1 aromatic carbocycles. The molecule has 0 saturated heterocycles. The summed E-state index contributed by atoms with van der Waals surface area (Å²) in [7, 11) is 1.68. The van der Waals surface area contributed by atoms with Gasteiger partial charge in [0.2, 0.25) is 0 Å². The van der Waals surface area contributed by atoms with E-state index >= 15 is 0 Å². The van der Waals surface area contributed by atoms with Gasteiger partial charge in [0.15, 0.2) is 0 Å². The maximum absolute atomic E-state index is 5.40. The van der Waals surface area contributed by atoms with Crippen molar-refractivity contribution in [2.24, 2.45) is 0 Å². The molecule has 92 valence electrons. The molecule has 0 atom stereocenters. The predicted molar refractivity (Wildman–Crippen MR) is 73.0 cm³/mol. The largest absolute Gasteiger partial charge is 0.494 e. The number of aryl methyl sites for hydroxylation is 1. The van der Waals surface area contributed by atoms with Crippen LogP contribution in [0, 0.1) is 0 Å². The summed E-state index contributed by atoms with van der Waals surface area (Å²) < 4.78 is 5.40. The summed E-state index contributed by atoms with van der Waals surface area (Å²) in [6, 6.07) is 10.2. The van der Waals surface area contributed by atoms with Crippen molar-refractivity contribution in [2.45, 2.75) is 12.8 Å². The van der Waals surface area contributed by atoms with E-state index in [1.165, 1.54) is 17.7 Å². The third-order valence-electron chi connectivity index (χ3n) is 3.32. The highest BCUT2D eigenvalue weighted by Crippen LogP contribution is 2.36. The maximum Gasteiger partial charge on any atom is 0.145 e. The Balaban J connectivity index is 2.17. The van der Waals surface area contributed by atoms with E-state index in [9.17, 15) is 0 Å². The van der Waals surface area contributed by atoms with Gasteiger partial charge < -0.3 is 10.1 Å². The van der Waals surface area contributed by atoms with Crippen LogP contribution >= 0.6 is 0 Å². The van der Waals surface area contributed by atoms with Crippen molar-refractivity contribution in [3.63, 3.8) is 0 Å². The number of hydrogen-bond donors (Lipinski definition) is 1. The van der Waals surface area contributed by atoms with E-state index < -0.39 is 0 Å². The molecular weight excluding hydrogens is 224 g/mol. The van der Waals surface area contributed by atoms with E-state index in [1.54, 1.807) is 13.3 Å². The summed E-state index contributed by atoms with van der Waals surface area (Å²) in [5.74, 6) is 0.818. The molecule has 0 radical (unpaired) electrons. The summed E-state index contributed by atoms with van der Waals surface area (Å²) in [6.45, 7) is 1.03. The molecule has 1 aliphatic heterocycles. The van der Waals surface area contributed by atoms with Crippen LogP contribution in [0.15, 0.2) is 36.5 Å². The van der Waals surface area contributed by atoms with Gasteiger partial charge in [0.1, 0.15) is 11.4 Å². The van der Waals surface area contributed by atoms with Crippen LogP contribution in [0.25, 0.3) is 11.3 Å². The summed E-state index contributed by atoms with van der Waals surface area (Å²) in [4.78, 5) is 4.46. The van der Waals surface area contributed by atoms with Gasteiger partial charge in [0.25, 0.3) is 0 Å². The first-order valence-electron chi connectivity index (χ1n) is 6.25. The lowest BCUT2D eigenvalue weighted by Gasteiger charge is -2.21. The molecule has 0 aliphatic carbocycles. The average Bonchev–Trinajstić information content (AvgIpc) is 2.46. The van der Waals surface area contributed by atoms with Crippen molar-refractivity contribution in [3.05, 3.63) is 42.1 Å². The molecule has 2 heterocycles. The Morgan fingerprint density at radius 3 is 3.06 bits per heavy atom. The van der Waals surface area contributed by atoms with Crippen molar-refractivity contribution in [1.82, 2.24) is 4.98 Å². The topological polar surface area (TPSA) is 34.1 Å². The highest BCUT2D eigenvalue weighted by atomic mass is 16.5. The van der Waals surface area contributed by atoms with Gasteiger partial charge in [-0.2, -0.15) is 0 Å². The summed E-state index contributed by atoms with van der Waals surface area (Å²) in [5, 5.41) is 3.49. The van der Waals surface area contributed by atoms with Crippen molar-refractivity contribution < 1.29 is 4.74 Å². The molecule has 2 aromatic rings. The van der Waals surface area contributed by atoms with Crippen LogP contribution < -0.4 is 10.1 Å². The van der Waals surface area contributed by atoms with Gasteiger partial charge in [-0.25, -0.2) is 0 Å². The zero-order chi connectivity index (χ0) is 12.4. The number of pyridine rings is 1. The molecular formula is C15H16N2O. The Morgan fingerprint density at radius 1 is 1.22 bits per heavy atom. The number of hydrogen-bond acceptors (Lipinski definition) is 3. The van der Waals surface area contributed by atoms with Crippen molar-refractivity contribution in [1.29, 1.82) is 0 Å². The summed E-state index contributed by atoms with van der Waals surface area (Å²) >= 11 is 0. The van der Waals surface area contributed by atoms with Gasteiger partial charge in [-0.15, -0.1) is 0 Å². The lowest BCUT2D eigenvalue weighted by molar-refractivity contribution is 0.415. The molecule has 3 nitrogen and oxygen atoms in total. The lowest BCUT2D eigenvalue weighted by atomic mass is 9.97. The first-order chi connectivity index (χ1) is 8.90. The van der Waals surface area contributed by atoms with E-state index in [4.69, 9.17) is 4.74 Å². The predicted octanol–water partition coefficient (Wildman–Crippen LogP) is 3.12. The molecule has 0 spiro atoms. The highest BCUT2D eigenvalue weighted by molar-refractivity contribution is 5.81. The van der Waals surface area contributed by atoms with Gasteiger partial charge in [-0.05, 0) is 30.5 Å². The second kappa shape index (κ2) is 4.69. The number of benzene rings is 1. The second-order valence-corrected chi connectivity index (χ2v) is 4.42. The average molecular weight is 240 g/mol. The fourth-order valence-electron chi connectivity index (χ4n) is 2.46. The van der Waals surface area contributed by atoms with Crippen molar-refractivity contribution >= 4 is 5.69 Å². The van der Waals surface area contributed by atoms with Gasteiger partial charge >= 0.3 is 0 Å². The minimum Gasteiger partial charge on any atom is -0.494 e. The Bertz CT molecular complexity index is 566. The highest BCUT2D eigenvalue weighted by Gasteiger charge is 2.16. The molecule has 0 unspecified atom stereocenters.